The van der Waals surface area contributed by atoms with Crippen molar-refractivity contribution in [3.8, 4) is 0 Å². The van der Waals surface area contributed by atoms with Crippen LogP contribution in [0.3, 0.4) is 0 Å². The molecule has 0 aromatic carbocycles. The molecule has 1 aliphatic carbocycles. The first kappa shape index (κ1) is 18.6. The number of carbonyl (C=O) groups excluding carboxylic acids is 1. The average Bonchev–Trinajstić information content (AvgIpc) is 3.32. The van der Waals surface area contributed by atoms with Gasteiger partial charge in [0.1, 0.15) is 0 Å². The van der Waals surface area contributed by atoms with E-state index in [1.54, 1.807) is 0 Å². The van der Waals surface area contributed by atoms with Crippen LogP contribution < -0.4 is 5.32 Å². The van der Waals surface area contributed by atoms with Gasteiger partial charge in [-0.2, -0.15) is 0 Å². The van der Waals surface area contributed by atoms with Crippen molar-refractivity contribution >= 4 is 18.3 Å². The first-order valence-electron chi connectivity index (χ1n) is 9.76. The molecule has 4 rings (SSSR count). The molecule has 0 bridgehead atoms. The van der Waals surface area contributed by atoms with Crippen molar-refractivity contribution in [1.82, 2.24) is 25.2 Å². The first-order chi connectivity index (χ1) is 11.8. The summed E-state index contributed by atoms with van der Waals surface area (Å²) in [5.41, 5.74) is 0.538. The van der Waals surface area contributed by atoms with Crippen LogP contribution in [-0.2, 0) is 0 Å². The summed E-state index contributed by atoms with van der Waals surface area (Å²) >= 11 is 0. The molecule has 1 aromatic rings. The van der Waals surface area contributed by atoms with Crippen LogP contribution in [0.15, 0.2) is 6.20 Å². The molecule has 2 aliphatic heterocycles. The van der Waals surface area contributed by atoms with Gasteiger partial charge in [0.2, 0.25) is 0 Å². The molecule has 0 spiro atoms. The molecule has 3 fully saturated rings. The molecule has 2 saturated heterocycles. The van der Waals surface area contributed by atoms with Gasteiger partial charge in [0.15, 0.2) is 5.69 Å². The molecule has 7 heteroatoms. The predicted octanol–water partition coefficient (Wildman–Crippen LogP) is 2.81. The van der Waals surface area contributed by atoms with Gasteiger partial charge in [-0.05, 0) is 57.5 Å². The Morgan fingerprint density at radius 2 is 1.80 bits per heavy atom. The van der Waals surface area contributed by atoms with Crippen molar-refractivity contribution in [3.63, 3.8) is 0 Å². The SMILES string of the molecule is Cl.O=C(c1cn(C2CCNCC2)nn1)N1CCCC1C1CCCCC1. The van der Waals surface area contributed by atoms with Crippen LogP contribution in [0.2, 0.25) is 0 Å². The number of rotatable bonds is 3. The molecule has 1 amide bonds. The number of hydrogen-bond donors (Lipinski definition) is 1. The number of piperidine rings is 1. The minimum Gasteiger partial charge on any atom is -0.334 e. The van der Waals surface area contributed by atoms with Gasteiger partial charge in [-0.3, -0.25) is 4.79 Å². The summed E-state index contributed by atoms with van der Waals surface area (Å²) in [5.74, 6) is 0.799. The van der Waals surface area contributed by atoms with Crippen molar-refractivity contribution in [2.24, 2.45) is 5.92 Å². The van der Waals surface area contributed by atoms with Gasteiger partial charge in [-0.15, -0.1) is 17.5 Å². The Balaban J connectivity index is 0.00000182. The maximum absolute atomic E-state index is 13.0. The highest BCUT2D eigenvalue weighted by atomic mass is 35.5. The van der Waals surface area contributed by atoms with Crippen LogP contribution in [0.4, 0.5) is 0 Å². The Bertz CT molecular complexity index is 566. The largest absolute Gasteiger partial charge is 0.334 e. The number of halogens is 1. The van der Waals surface area contributed by atoms with E-state index in [1.165, 1.54) is 38.5 Å². The van der Waals surface area contributed by atoms with Gasteiger partial charge < -0.3 is 10.2 Å². The molecule has 1 N–H and O–H groups in total. The van der Waals surface area contributed by atoms with Crippen molar-refractivity contribution in [3.05, 3.63) is 11.9 Å². The number of aromatic nitrogens is 3. The lowest BCUT2D eigenvalue weighted by Gasteiger charge is -2.33. The Morgan fingerprint density at radius 3 is 2.56 bits per heavy atom. The van der Waals surface area contributed by atoms with E-state index in [0.29, 0.717) is 23.7 Å². The van der Waals surface area contributed by atoms with E-state index < -0.39 is 0 Å². The maximum atomic E-state index is 13.0. The van der Waals surface area contributed by atoms with E-state index >= 15 is 0 Å². The van der Waals surface area contributed by atoms with Crippen LogP contribution in [0.25, 0.3) is 0 Å². The van der Waals surface area contributed by atoms with Crippen LogP contribution in [0.1, 0.15) is 74.3 Å². The lowest BCUT2D eigenvalue weighted by molar-refractivity contribution is 0.0655. The van der Waals surface area contributed by atoms with Crippen LogP contribution in [0, 0.1) is 5.92 Å². The van der Waals surface area contributed by atoms with Gasteiger partial charge >= 0.3 is 0 Å². The summed E-state index contributed by atoms with van der Waals surface area (Å²) < 4.78 is 1.92. The summed E-state index contributed by atoms with van der Waals surface area (Å²) in [4.78, 5) is 15.1. The van der Waals surface area contributed by atoms with E-state index in [-0.39, 0.29) is 18.3 Å². The molecule has 3 heterocycles. The Kier molecular flexibility index (Phi) is 6.34. The summed E-state index contributed by atoms with van der Waals surface area (Å²) in [5, 5.41) is 11.8. The molecule has 3 aliphatic rings. The lowest BCUT2D eigenvalue weighted by atomic mass is 9.83. The highest BCUT2D eigenvalue weighted by Crippen LogP contribution is 2.34. The fourth-order valence-electron chi connectivity index (χ4n) is 4.83. The minimum absolute atomic E-state index is 0. The Morgan fingerprint density at radius 1 is 1.04 bits per heavy atom. The quantitative estimate of drug-likeness (QED) is 0.892. The van der Waals surface area contributed by atoms with Crippen LogP contribution >= 0.6 is 12.4 Å². The monoisotopic (exact) mass is 367 g/mol. The highest BCUT2D eigenvalue weighted by Gasteiger charge is 2.36. The van der Waals surface area contributed by atoms with Crippen molar-refractivity contribution in [1.29, 1.82) is 0 Å². The molecular weight excluding hydrogens is 338 g/mol. The second kappa shape index (κ2) is 8.49. The summed E-state index contributed by atoms with van der Waals surface area (Å²) in [6.45, 7) is 2.92. The second-order valence-corrected chi connectivity index (χ2v) is 7.67. The van der Waals surface area contributed by atoms with Crippen LogP contribution in [-0.4, -0.2) is 51.5 Å². The van der Waals surface area contributed by atoms with Crippen molar-refractivity contribution < 1.29 is 4.79 Å². The standard InChI is InChI=1S/C18H29N5O.ClH/c24-18(16-13-23(21-20-16)15-8-10-19-11-9-15)22-12-4-7-17(22)14-5-2-1-3-6-14;/h13-15,17,19H,1-12H2;1H. The Labute approximate surface area is 156 Å². The van der Waals surface area contributed by atoms with E-state index in [0.717, 1.165) is 38.9 Å². The number of amides is 1. The smallest absolute Gasteiger partial charge is 0.276 e. The number of nitrogens with one attached hydrogen (secondary N) is 1. The molecule has 1 unspecified atom stereocenters. The normalized spacial score (nSPS) is 25.8. The topological polar surface area (TPSA) is 63.1 Å². The molecule has 25 heavy (non-hydrogen) atoms. The molecular formula is C18H30ClN5O. The second-order valence-electron chi connectivity index (χ2n) is 7.67. The fraction of sp³-hybridized carbons (Fsp3) is 0.833. The molecule has 0 radical (unpaired) electrons. The van der Waals surface area contributed by atoms with Crippen molar-refractivity contribution in [2.75, 3.05) is 19.6 Å². The zero-order valence-electron chi connectivity index (χ0n) is 14.9. The third kappa shape index (κ3) is 4.00. The third-order valence-corrected chi connectivity index (χ3v) is 6.17. The van der Waals surface area contributed by atoms with Gasteiger partial charge in [0, 0.05) is 12.6 Å². The molecule has 140 valence electrons. The lowest BCUT2D eigenvalue weighted by Crippen LogP contribution is -2.41. The van der Waals surface area contributed by atoms with E-state index in [1.807, 2.05) is 10.9 Å². The summed E-state index contributed by atoms with van der Waals surface area (Å²) in [6, 6.07) is 0.815. The van der Waals surface area contributed by atoms with Gasteiger partial charge in [0.25, 0.3) is 5.91 Å². The zero-order chi connectivity index (χ0) is 16.4. The van der Waals surface area contributed by atoms with Crippen LogP contribution in [0.5, 0.6) is 0 Å². The minimum atomic E-state index is 0. The fourth-order valence-corrected chi connectivity index (χ4v) is 4.83. The van der Waals surface area contributed by atoms with Gasteiger partial charge in [-0.25, -0.2) is 4.68 Å². The number of likely N-dealkylation sites (tertiary alicyclic amines) is 1. The van der Waals surface area contributed by atoms with E-state index in [4.69, 9.17) is 0 Å². The van der Waals surface area contributed by atoms with Gasteiger partial charge in [-0.1, -0.05) is 24.5 Å². The average molecular weight is 368 g/mol. The third-order valence-electron chi connectivity index (χ3n) is 6.17. The molecule has 6 nitrogen and oxygen atoms in total. The predicted molar refractivity (Wildman–Crippen MR) is 99.0 cm³/mol. The van der Waals surface area contributed by atoms with Gasteiger partial charge in [0.05, 0.1) is 12.2 Å². The van der Waals surface area contributed by atoms with Crippen molar-refractivity contribution in [2.45, 2.75) is 69.9 Å². The molecule has 1 aromatic heterocycles. The van der Waals surface area contributed by atoms with E-state index in [9.17, 15) is 4.79 Å². The molecule has 1 atom stereocenters. The maximum Gasteiger partial charge on any atom is 0.276 e. The highest BCUT2D eigenvalue weighted by molar-refractivity contribution is 5.92. The Hall–Kier alpha value is -1.14. The zero-order valence-corrected chi connectivity index (χ0v) is 15.7. The number of nitrogens with zero attached hydrogens (tertiary/aromatic N) is 4. The molecule has 1 saturated carbocycles. The first-order valence-corrected chi connectivity index (χ1v) is 9.76. The number of hydrogen-bond acceptors (Lipinski definition) is 4. The summed E-state index contributed by atoms with van der Waals surface area (Å²) in [6.07, 6.45) is 12.9. The number of carbonyl (C=O) groups is 1. The van der Waals surface area contributed by atoms with E-state index in [2.05, 4.69) is 20.5 Å². The summed E-state index contributed by atoms with van der Waals surface area (Å²) in [7, 11) is 0.